The Morgan fingerprint density at radius 1 is 0.206 bits per heavy atom. The van der Waals surface area contributed by atoms with Gasteiger partial charge in [-0.25, -0.2) is 0 Å². The van der Waals surface area contributed by atoms with Crippen molar-refractivity contribution in [2.45, 2.75) is 0 Å². The normalized spacial score (nSPS) is 11.7. The summed E-state index contributed by atoms with van der Waals surface area (Å²) >= 11 is 3.73. The highest BCUT2D eigenvalue weighted by Gasteiger charge is 2.26. The van der Waals surface area contributed by atoms with Crippen LogP contribution in [0, 0.1) is 0 Å². The van der Waals surface area contributed by atoms with Gasteiger partial charge >= 0.3 is 0 Å². The molecule has 0 atom stereocenters. The van der Waals surface area contributed by atoms with Crippen LogP contribution in [0.25, 0.3) is 145 Å². The summed E-state index contributed by atoms with van der Waals surface area (Å²) in [5.41, 5.74) is 21.9. The van der Waals surface area contributed by atoms with Gasteiger partial charge in [0.05, 0.1) is 45.2 Å². The first kappa shape index (κ1) is 56.4. The second-order valence-corrected chi connectivity index (χ2v) is 27.3. The number of thiophene rings is 2. The van der Waals surface area contributed by atoms with Crippen LogP contribution in [0.15, 0.2) is 358 Å². The minimum Gasteiger partial charge on any atom is -0.309 e. The summed E-state index contributed by atoms with van der Waals surface area (Å²) in [6, 6.07) is 132. The highest BCUT2D eigenvalue weighted by Crippen LogP contribution is 2.50. The van der Waals surface area contributed by atoms with Gasteiger partial charge in [-0.2, -0.15) is 0 Å². The van der Waals surface area contributed by atoms with Crippen molar-refractivity contribution in [3.63, 3.8) is 0 Å². The molecule has 0 aliphatic carbocycles. The average Bonchev–Trinajstić information content (AvgIpc) is 1.69. The molecule has 0 saturated carbocycles. The maximum absolute atomic E-state index is 2.51. The molecule has 19 aromatic rings. The predicted molar refractivity (Wildman–Crippen MR) is 418 cm³/mol. The van der Waals surface area contributed by atoms with Gasteiger partial charge in [-0.3, -0.25) is 0 Å². The molecule has 0 spiro atoms. The second-order valence-electron chi connectivity index (χ2n) is 25.1. The lowest BCUT2D eigenvalue weighted by Gasteiger charge is -2.31. The summed E-state index contributed by atoms with van der Waals surface area (Å²) < 4.78 is 7.62. The SMILES string of the molecule is c1ccc(-c2ccc(-c3ccc(N(c4ccccc4-c4ccc5sc6cc(-c7ccc8c(c7)c7ccccc7n8-c7ccccc7N(c7ccccc7-c7ccc8sc9ccccc9c8c7)c7cccc8ccccc78)ccc6c5c4)c4cccc5ccccc45)cc3)cc2)cc1. The van der Waals surface area contributed by atoms with E-state index in [1.54, 1.807) is 0 Å². The van der Waals surface area contributed by atoms with Crippen molar-refractivity contribution in [1.82, 2.24) is 4.57 Å². The fourth-order valence-electron chi connectivity index (χ4n) is 15.0. The number of fused-ring (bicyclic) bond motifs is 11. The standard InChI is InChI=1S/C92H59N3S2/c1-2-20-60(21-3-1)61-40-42-62(43-41-61)63-44-50-70(51-45-63)93(82-37-18-24-64-22-4-6-26-71(64)82)81-32-12-8-28-73(81)68-49-55-91-80(58-68)77-52-46-67(59-92(77)97-91)66-47-53-86-78(56-66)75-30-10-14-34-85(75)95(86)88-36-16-15-35-87(88)94(84-38-19-25-65-23-5-7-27-72(65)84)83-33-13-9-29-74(83)69-48-54-90-79(57-69)76-31-11-17-39-89(76)96-90/h1-59H. The molecule has 0 unspecified atom stereocenters. The Kier molecular flexibility index (Phi) is 13.6. The van der Waals surface area contributed by atoms with Gasteiger partial charge in [-0.15, -0.1) is 22.7 Å². The van der Waals surface area contributed by atoms with E-state index in [-0.39, 0.29) is 0 Å². The maximum Gasteiger partial charge on any atom is 0.0702 e. The van der Waals surface area contributed by atoms with E-state index in [2.05, 4.69) is 372 Å². The number of hydrogen-bond acceptors (Lipinski definition) is 4. The van der Waals surface area contributed by atoms with E-state index in [1.165, 1.54) is 117 Å². The van der Waals surface area contributed by atoms with Crippen molar-refractivity contribution in [2.24, 2.45) is 0 Å². The Bertz CT molecular complexity index is 6260. The summed E-state index contributed by atoms with van der Waals surface area (Å²) in [4.78, 5) is 4.96. The van der Waals surface area contributed by atoms with E-state index >= 15 is 0 Å². The van der Waals surface area contributed by atoms with Crippen molar-refractivity contribution >= 4 is 140 Å². The summed E-state index contributed by atoms with van der Waals surface area (Å²) in [5.74, 6) is 0. The first-order chi connectivity index (χ1) is 48.1. The molecule has 0 amide bonds. The molecular weight excluding hydrogens is 1210 g/mol. The Balaban J connectivity index is 0.697. The Hall–Kier alpha value is -12.1. The van der Waals surface area contributed by atoms with Crippen LogP contribution >= 0.6 is 22.7 Å². The summed E-state index contributed by atoms with van der Waals surface area (Å²) in [7, 11) is 0. The largest absolute Gasteiger partial charge is 0.309 e. The van der Waals surface area contributed by atoms with Crippen molar-refractivity contribution in [2.75, 3.05) is 9.80 Å². The molecule has 97 heavy (non-hydrogen) atoms. The van der Waals surface area contributed by atoms with Crippen LogP contribution in [0.1, 0.15) is 0 Å². The second kappa shape index (κ2) is 23.4. The molecule has 0 saturated heterocycles. The zero-order chi connectivity index (χ0) is 63.9. The van der Waals surface area contributed by atoms with Gasteiger partial charge in [-0.05, 0) is 158 Å². The van der Waals surface area contributed by atoms with Gasteiger partial charge < -0.3 is 14.4 Å². The highest BCUT2D eigenvalue weighted by molar-refractivity contribution is 7.26. The molecule has 0 radical (unpaired) electrons. The zero-order valence-electron chi connectivity index (χ0n) is 52.7. The molecule has 0 aliphatic heterocycles. The third-order valence-corrected chi connectivity index (χ3v) is 21.9. The van der Waals surface area contributed by atoms with Crippen LogP contribution in [0.4, 0.5) is 34.1 Å². The van der Waals surface area contributed by atoms with E-state index in [0.717, 1.165) is 62.0 Å². The monoisotopic (exact) mass is 1270 g/mol. The van der Waals surface area contributed by atoms with E-state index in [1.807, 2.05) is 22.7 Å². The quantitative estimate of drug-likeness (QED) is 0.121. The third-order valence-electron chi connectivity index (χ3n) is 19.6. The molecular formula is C92H59N3S2. The molecule has 3 aromatic heterocycles. The number of hydrogen-bond donors (Lipinski definition) is 0. The molecule has 19 rings (SSSR count). The minimum absolute atomic E-state index is 1.08. The van der Waals surface area contributed by atoms with Crippen LogP contribution in [0.2, 0.25) is 0 Å². The van der Waals surface area contributed by atoms with Crippen LogP contribution in [-0.4, -0.2) is 4.57 Å². The zero-order valence-corrected chi connectivity index (χ0v) is 54.4. The third kappa shape index (κ3) is 9.69. The minimum atomic E-state index is 1.08. The predicted octanol–water partition coefficient (Wildman–Crippen LogP) is 27.1. The molecule has 3 heterocycles. The number of para-hydroxylation sites is 5. The average molecular weight is 1270 g/mol. The van der Waals surface area contributed by atoms with Crippen LogP contribution in [0.3, 0.4) is 0 Å². The Morgan fingerprint density at radius 3 is 1.29 bits per heavy atom. The lowest BCUT2D eigenvalue weighted by Crippen LogP contribution is -2.14. The van der Waals surface area contributed by atoms with Gasteiger partial charge in [0, 0.05) is 78.7 Å². The van der Waals surface area contributed by atoms with Crippen molar-refractivity contribution in [3.8, 4) is 61.3 Å². The van der Waals surface area contributed by atoms with Crippen LogP contribution in [-0.2, 0) is 0 Å². The number of nitrogens with zero attached hydrogens (tertiary/aromatic N) is 3. The van der Waals surface area contributed by atoms with Crippen molar-refractivity contribution in [1.29, 1.82) is 0 Å². The van der Waals surface area contributed by atoms with Gasteiger partial charge in [0.1, 0.15) is 0 Å². The summed E-state index contributed by atoms with van der Waals surface area (Å²) in [5, 5.41) is 12.3. The van der Waals surface area contributed by atoms with E-state index in [4.69, 9.17) is 0 Å². The van der Waals surface area contributed by atoms with Crippen LogP contribution in [0.5, 0.6) is 0 Å². The van der Waals surface area contributed by atoms with Crippen molar-refractivity contribution < 1.29 is 0 Å². The first-order valence-electron chi connectivity index (χ1n) is 33.1. The van der Waals surface area contributed by atoms with Gasteiger partial charge in [0.25, 0.3) is 0 Å². The lowest BCUT2D eigenvalue weighted by molar-refractivity contribution is 1.15. The molecule has 0 aliphatic rings. The summed E-state index contributed by atoms with van der Waals surface area (Å²) in [6.45, 7) is 0. The van der Waals surface area contributed by atoms with Crippen LogP contribution < -0.4 is 9.80 Å². The highest BCUT2D eigenvalue weighted by atomic mass is 32.1. The molecule has 5 heteroatoms. The molecule has 3 nitrogen and oxygen atoms in total. The van der Waals surface area contributed by atoms with Gasteiger partial charge in [0.15, 0.2) is 0 Å². The first-order valence-corrected chi connectivity index (χ1v) is 34.7. The maximum atomic E-state index is 2.51. The lowest BCUT2D eigenvalue weighted by atomic mass is 9.97. The van der Waals surface area contributed by atoms with E-state index in [0.29, 0.717) is 0 Å². The number of aromatic nitrogens is 1. The van der Waals surface area contributed by atoms with Crippen molar-refractivity contribution in [3.05, 3.63) is 358 Å². The smallest absolute Gasteiger partial charge is 0.0702 e. The Labute approximate surface area is 570 Å². The Morgan fingerprint density at radius 2 is 0.619 bits per heavy atom. The molecule has 0 N–H and O–H groups in total. The topological polar surface area (TPSA) is 11.4 Å². The molecule has 0 bridgehead atoms. The van der Waals surface area contributed by atoms with E-state index in [9.17, 15) is 0 Å². The summed E-state index contributed by atoms with van der Waals surface area (Å²) in [6.07, 6.45) is 0. The number of benzene rings is 16. The van der Waals surface area contributed by atoms with E-state index < -0.39 is 0 Å². The molecule has 0 fully saturated rings. The number of anilines is 6. The fraction of sp³-hybridized carbons (Fsp3) is 0. The molecule has 16 aromatic carbocycles. The fourth-order valence-corrected chi connectivity index (χ4v) is 17.2. The van der Waals surface area contributed by atoms with Gasteiger partial charge in [-0.1, -0.05) is 255 Å². The number of rotatable bonds is 12. The molecule has 454 valence electrons. The van der Waals surface area contributed by atoms with Gasteiger partial charge in [0.2, 0.25) is 0 Å².